The number of nitrogens with one attached hydrogen (secondary N) is 1. The van der Waals surface area contributed by atoms with Gasteiger partial charge < -0.3 is 19.9 Å². The Kier molecular flexibility index (Phi) is 7.23. The molecule has 6 heteroatoms. The van der Waals surface area contributed by atoms with Crippen molar-refractivity contribution in [1.82, 2.24) is 5.32 Å². The van der Waals surface area contributed by atoms with Crippen LogP contribution in [0.3, 0.4) is 0 Å². The lowest BCUT2D eigenvalue weighted by atomic mass is 9.57. The zero-order chi connectivity index (χ0) is 23.6. The average Bonchev–Trinajstić information content (AvgIpc) is 3.34. The molecule has 178 valence electrons. The smallest absolute Gasteiger partial charge is 0.310 e. The first-order valence-electron chi connectivity index (χ1n) is 11.8. The Morgan fingerprint density at radius 1 is 1.12 bits per heavy atom. The largest absolute Gasteiger partial charge is 0.497 e. The summed E-state index contributed by atoms with van der Waals surface area (Å²) >= 11 is 0. The maximum Gasteiger partial charge on any atom is 0.310 e. The Labute approximate surface area is 192 Å². The van der Waals surface area contributed by atoms with E-state index in [1.54, 1.807) is 14.2 Å². The van der Waals surface area contributed by atoms with Crippen molar-refractivity contribution < 1.29 is 24.2 Å². The van der Waals surface area contributed by atoms with Gasteiger partial charge in [-0.3, -0.25) is 9.59 Å². The van der Waals surface area contributed by atoms with E-state index < -0.39 is 22.2 Å². The van der Waals surface area contributed by atoms with Gasteiger partial charge in [-0.25, -0.2) is 0 Å². The minimum absolute atomic E-state index is 0.0308. The Morgan fingerprint density at radius 2 is 1.75 bits per heavy atom. The van der Waals surface area contributed by atoms with E-state index in [0.717, 1.165) is 37.9 Å². The topological polar surface area (TPSA) is 84.9 Å². The summed E-state index contributed by atoms with van der Waals surface area (Å²) in [6.45, 7) is 6.28. The summed E-state index contributed by atoms with van der Waals surface area (Å²) in [5.41, 5.74) is -0.958. The van der Waals surface area contributed by atoms with Crippen molar-refractivity contribution in [3.63, 3.8) is 0 Å². The molecule has 1 amide bonds. The van der Waals surface area contributed by atoms with Crippen molar-refractivity contribution in [3.05, 3.63) is 29.8 Å². The van der Waals surface area contributed by atoms with Gasteiger partial charge >= 0.3 is 5.97 Å². The third-order valence-electron chi connectivity index (χ3n) is 7.91. The van der Waals surface area contributed by atoms with Gasteiger partial charge in [-0.2, -0.15) is 0 Å². The van der Waals surface area contributed by atoms with E-state index >= 15 is 0 Å². The maximum absolute atomic E-state index is 13.6. The molecule has 0 bridgehead atoms. The van der Waals surface area contributed by atoms with Gasteiger partial charge in [0.1, 0.15) is 5.75 Å². The molecule has 2 N–H and O–H groups in total. The third-order valence-corrected chi connectivity index (χ3v) is 7.91. The van der Waals surface area contributed by atoms with Crippen LogP contribution in [0.25, 0.3) is 0 Å². The lowest BCUT2D eigenvalue weighted by molar-refractivity contribution is -0.164. The van der Waals surface area contributed by atoms with Crippen molar-refractivity contribution in [3.8, 4) is 5.75 Å². The van der Waals surface area contributed by atoms with Crippen LogP contribution in [0.5, 0.6) is 5.75 Å². The second-order valence-corrected chi connectivity index (χ2v) is 10.7. The third kappa shape index (κ3) is 4.80. The molecule has 0 radical (unpaired) electrons. The Bertz CT molecular complexity index is 807. The van der Waals surface area contributed by atoms with Crippen LogP contribution >= 0.6 is 0 Å². The lowest BCUT2D eigenvalue weighted by Crippen LogP contribution is -2.51. The molecule has 3 rings (SSSR count). The van der Waals surface area contributed by atoms with Crippen molar-refractivity contribution in [1.29, 1.82) is 0 Å². The fourth-order valence-corrected chi connectivity index (χ4v) is 5.52. The van der Waals surface area contributed by atoms with Crippen LogP contribution < -0.4 is 10.1 Å². The minimum Gasteiger partial charge on any atom is -0.497 e. The van der Waals surface area contributed by atoms with E-state index in [-0.39, 0.29) is 11.9 Å². The Hall–Kier alpha value is -2.08. The minimum atomic E-state index is -1.02. The van der Waals surface area contributed by atoms with Crippen LogP contribution in [-0.4, -0.2) is 43.9 Å². The van der Waals surface area contributed by atoms with Crippen molar-refractivity contribution in [2.45, 2.75) is 77.7 Å². The molecule has 0 spiro atoms. The van der Waals surface area contributed by atoms with Gasteiger partial charge in [0, 0.05) is 25.7 Å². The highest BCUT2D eigenvalue weighted by Crippen LogP contribution is 2.55. The number of amides is 1. The number of carbonyl (C=O) groups is 2. The maximum atomic E-state index is 13.6. The standard InChI is InChI=1S/C26H39NO5/c1-24(2,3)26(23(29)30,14-15-31-4)17-25(12-6-7-13-25)22(28)27-21-16-20(21)18-8-10-19(32-5)11-9-18/h8-11,20-21H,6-7,12-17H2,1-5H3,(H,27,28)(H,29,30). The predicted molar refractivity (Wildman–Crippen MR) is 124 cm³/mol. The average molecular weight is 446 g/mol. The molecule has 0 aromatic heterocycles. The van der Waals surface area contributed by atoms with E-state index in [4.69, 9.17) is 9.47 Å². The predicted octanol–water partition coefficient (Wildman–Crippen LogP) is 4.77. The quantitative estimate of drug-likeness (QED) is 0.542. The molecule has 0 heterocycles. The molecular weight excluding hydrogens is 406 g/mol. The fraction of sp³-hybridized carbons (Fsp3) is 0.692. The van der Waals surface area contributed by atoms with Crippen LogP contribution in [0, 0.1) is 16.2 Å². The molecule has 6 nitrogen and oxygen atoms in total. The van der Waals surface area contributed by atoms with Gasteiger partial charge in [0.2, 0.25) is 5.91 Å². The molecule has 2 aliphatic rings. The monoisotopic (exact) mass is 445 g/mol. The van der Waals surface area contributed by atoms with Crippen LogP contribution in [0.1, 0.15) is 77.2 Å². The summed E-state index contributed by atoms with van der Waals surface area (Å²) in [5.74, 6) is 0.332. The number of benzene rings is 1. The zero-order valence-electron chi connectivity index (χ0n) is 20.2. The highest BCUT2D eigenvalue weighted by molar-refractivity contribution is 5.85. The van der Waals surface area contributed by atoms with Crippen LogP contribution in [0.15, 0.2) is 24.3 Å². The normalized spacial score (nSPS) is 23.9. The van der Waals surface area contributed by atoms with Gasteiger partial charge in [-0.05, 0) is 55.2 Å². The number of carboxylic acid groups (broad SMARTS) is 1. The van der Waals surface area contributed by atoms with Crippen LogP contribution in [0.4, 0.5) is 0 Å². The summed E-state index contributed by atoms with van der Waals surface area (Å²) < 4.78 is 10.5. The van der Waals surface area contributed by atoms with Crippen molar-refractivity contribution in [2.24, 2.45) is 16.2 Å². The second kappa shape index (κ2) is 9.42. The SMILES string of the molecule is COCCC(CC1(C(=O)NC2CC2c2ccc(OC)cc2)CCCC1)(C(=O)O)C(C)(C)C. The van der Waals surface area contributed by atoms with Crippen molar-refractivity contribution >= 4 is 11.9 Å². The molecule has 1 aromatic carbocycles. The van der Waals surface area contributed by atoms with E-state index in [2.05, 4.69) is 17.4 Å². The van der Waals surface area contributed by atoms with Gasteiger partial charge in [-0.15, -0.1) is 0 Å². The number of methoxy groups -OCH3 is 2. The molecule has 3 atom stereocenters. The summed E-state index contributed by atoms with van der Waals surface area (Å²) in [6.07, 6.45) is 5.09. The summed E-state index contributed by atoms with van der Waals surface area (Å²) in [4.78, 5) is 26.3. The molecule has 3 unspecified atom stereocenters. The number of hydrogen-bond donors (Lipinski definition) is 2. The molecular formula is C26H39NO5. The van der Waals surface area contributed by atoms with Gasteiger partial charge in [0.05, 0.1) is 17.9 Å². The van der Waals surface area contributed by atoms with Crippen LogP contribution in [-0.2, 0) is 14.3 Å². The number of carbonyl (C=O) groups excluding carboxylic acids is 1. The Morgan fingerprint density at radius 3 is 2.25 bits per heavy atom. The van der Waals surface area contributed by atoms with Crippen LogP contribution in [0.2, 0.25) is 0 Å². The van der Waals surface area contributed by atoms with Gasteiger partial charge in [0.15, 0.2) is 0 Å². The number of aliphatic carboxylic acids is 1. The number of rotatable bonds is 10. The molecule has 2 fully saturated rings. The van der Waals surface area contributed by atoms with E-state index in [9.17, 15) is 14.7 Å². The summed E-state index contributed by atoms with van der Waals surface area (Å²) in [6, 6.07) is 8.12. The molecule has 1 aromatic rings. The molecule has 0 aliphatic heterocycles. The van der Waals surface area contributed by atoms with E-state index in [1.165, 1.54) is 5.56 Å². The number of hydrogen-bond acceptors (Lipinski definition) is 4. The highest BCUT2D eigenvalue weighted by atomic mass is 16.5. The lowest BCUT2D eigenvalue weighted by Gasteiger charge is -2.46. The second-order valence-electron chi connectivity index (χ2n) is 10.7. The molecule has 2 saturated carbocycles. The summed E-state index contributed by atoms with van der Waals surface area (Å²) in [7, 11) is 3.25. The van der Waals surface area contributed by atoms with Gasteiger partial charge in [-0.1, -0.05) is 45.7 Å². The Balaban J connectivity index is 1.78. The first kappa shape index (κ1) is 24.6. The number of ether oxygens (including phenoxy) is 2. The zero-order valence-corrected chi connectivity index (χ0v) is 20.2. The first-order valence-corrected chi connectivity index (χ1v) is 11.8. The molecule has 0 saturated heterocycles. The van der Waals surface area contributed by atoms with E-state index in [1.807, 2.05) is 32.9 Å². The number of carboxylic acids is 1. The highest BCUT2D eigenvalue weighted by Gasteiger charge is 2.56. The summed E-state index contributed by atoms with van der Waals surface area (Å²) in [5, 5.41) is 13.7. The van der Waals surface area contributed by atoms with E-state index in [0.29, 0.717) is 25.4 Å². The fourth-order valence-electron chi connectivity index (χ4n) is 5.52. The molecule has 2 aliphatic carbocycles. The van der Waals surface area contributed by atoms with Crippen molar-refractivity contribution in [2.75, 3.05) is 20.8 Å². The molecule has 32 heavy (non-hydrogen) atoms. The first-order chi connectivity index (χ1) is 15.1. The van der Waals surface area contributed by atoms with Gasteiger partial charge in [0.25, 0.3) is 0 Å².